The summed E-state index contributed by atoms with van der Waals surface area (Å²) in [6.45, 7) is 3.09. The van der Waals surface area contributed by atoms with Crippen molar-refractivity contribution >= 4 is 9.84 Å². The van der Waals surface area contributed by atoms with Gasteiger partial charge in [0.15, 0.2) is 9.84 Å². The number of aliphatic hydroxyl groups is 1. The molecular weight excluding hydrogens is 262 g/mol. The maximum absolute atomic E-state index is 12.1. The van der Waals surface area contributed by atoms with E-state index in [1.165, 1.54) is 0 Å². The summed E-state index contributed by atoms with van der Waals surface area (Å²) in [4.78, 5) is 0. The third kappa shape index (κ3) is 2.05. The first-order chi connectivity index (χ1) is 8.93. The van der Waals surface area contributed by atoms with Crippen molar-refractivity contribution in [1.82, 2.24) is 0 Å². The minimum atomic E-state index is -3.35. The van der Waals surface area contributed by atoms with E-state index in [9.17, 15) is 18.8 Å². The molecule has 5 heteroatoms. The van der Waals surface area contributed by atoms with Crippen LogP contribution in [0.25, 0.3) is 0 Å². The predicted molar refractivity (Wildman–Crippen MR) is 72.3 cm³/mol. The van der Waals surface area contributed by atoms with E-state index in [1.54, 1.807) is 6.92 Å². The fraction of sp³-hybridized carbons (Fsp3) is 0.500. The van der Waals surface area contributed by atoms with Gasteiger partial charge < -0.3 is 5.11 Å². The van der Waals surface area contributed by atoms with Crippen molar-refractivity contribution in [2.45, 2.75) is 25.0 Å². The van der Waals surface area contributed by atoms with Gasteiger partial charge in [0.1, 0.15) is 5.41 Å². The van der Waals surface area contributed by atoms with Gasteiger partial charge in [-0.1, -0.05) is 36.8 Å². The van der Waals surface area contributed by atoms with Crippen LogP contribution in [0.2, 0.25) is 0 Å². The topological polar surface area (TPSA) is 78.2 Å². The van der Waals surface area contributed by atoms with Gasteiger partial charge in [-0.3, -0.25) is 0 Å². The predicted octanol–water partition coefficient (Wildman–Crippen LogP) is 1.40. The van der Waals surface area contributed by atoms with Gasteiger partial charge in [0.2, 0.25) is 0 Å². The smallest absolute Gasteiger partial charge is 0.155 e. The Hall–Kier alpha value is -1.38. The number of aliphatic hydroxyl groups excluding tert-OH is 1. The first kappa shape index (κ1) is 14.0. The summed E-state index contributed by atoms with van der Waals surface area (Å²) in [7, 11) is -3.35. The largest absolute Gasteiger partial charge is 0.395 e. The van der Waals surface area contributed by atoms with Gasteiger partial charge in [-0.05, 0) is 12.5 Å². The van der Waals surface area contributed by atoms with Crippen LogP contribution in [0.15, 0.2) is 24.3 Å². The summed E-state index contributed by atoms with van der Waals surface area (Å²) in [6, 6.07) is 9.49. The fourth-order valence-corrected chi connectivity index (χ4v) is 4.72. The van der Waals surface area contributed by atoms with Crippen LogP contribution in [0.4, 0.5) is 0 Å². The van der Waals surface area contributed by atoms with Crippen molar-refractivity contribution in [2.75, 3.05) is 12.4 Å². The number of nitrogens with zero attached hydrogens (tertiary/aromatic N) is 1. The van der Waals surface area contributed by atoms with Crippen LogP contribution in [0.3, 0.4) is 0 Å². The first-order valence-corrected chi connectivity index (χ1v) is 7.94. The molecule has 19 heavy (non-hydrogen) atoms. The third-order valence-corrected chi connectivity index (χ3v) is 6.22. The first-order valence-electron chi connectivity index (χ1n) is 6.23. The summed E-state index contributed by atoms with van der Waals surface area (Å²) in [5.41, 5.74) is 0.707. The molecule has 0 saturated heterocycles. The highest BCUT2D eigenvalue weighted by Crippen LogP contribution is 2.62. The summed E-state index contributed by atoms with van der Waals surface area (Å²) in [5.74, 6) is -0.434. The van der Waals surface area contributed by atoms with Gasteiger partial charge in [-0.25, -0.2) is 8.42 Å². The number of hydrogen-bond acceptors (Lipinski definition) is 4. The lowest BCUT2D eigenvalue weighted by Crippen LogP contribution is -2.19. The lowest BCUT2D eigenvalue weighted by Gasteiger charge is -2.04. The molecule has 1 aliphatic rings. The standard InChI is InChI=1S/C14H17NO3S/c1-3-19(17,18)13-12(14(13,8-15)9-16)11-6-4-10(2)5-7-11/h4-7,12-13,16H,3,9H2,1-2H3/t12-,13-,14-/m1/s1. The van der Waals surface area contributed by atoms with E-state index in [4.69, 9.17) is 0 Å². The van der Waals surface area contributed by atoms with Crippen LogP contribution < -0.4 is 0 Å². The molecule has 1 fully saturated rings. The fourth-order valence-electron chi connectivity index (χ4n) is 2.71. The molecule has 0 radical (unpaired) electrons. The zero-order chi connectivity index (χ0) is 14.3. The molecule has 0 unspecified atom stereocenters. The molecule has 0 aliphatic heterocycles. The highest BCUT2D eigenvalue weighted by Gasteiger charge is 2.71. The zero-order valence-corrected chi connectivity index (χ0v) is 11.8. The van der Waals surface area contributed by atoms with E-state index >= 15 is 0 Å². The molecule has 4 nitrogen and oxygen atoms in total. The number of sulfone groups is 1. The van der Waals surface area contributed by atoms with E-state index in [0.29, 0.717) is 0 Å². The summed E-state index contributed by atoms with van der Waals surface area (Å²) < 4.78 is 24.2. The molecule has 0 spiro atoms. The van der Waals surface area contributed by atoms with Crippen molar-refractivity contribution in [3.8, 4) is 6.07 Å². The number of aryl methyl sites for hydroxylation is 1. The van der Waals surface area contributed by atoms with E-state index in [0.717, 1.165) is 11.1 Å². The molecule has 1 saturated carbocycles. The van der Waals surface area contributed by atoms with Crippen LogP contribution in [-0.2, 0) is 9.84 Å². The molecule has 1 aliphatic carbocycles. The highest BCUT2D eigenvalue weighted by atomic mass is 32.2. The number of benzene rings is 1. The average molecular weight is 279 g/mol. The van der Waals surface area contributed by atoms with Gasteiger partial charge in [0, 0.05) is 11.7 Å². The quantitative estimate of drug-likeness (QED) is 0.903. The van der Waals surface area contributed by atoms with Gasteiger partial charge in [0.05, 0.1) is 17.9 Å². The summed E-state index contributed by atoms with van der Waals surface area (Å²) in [6.07, 6.45) is 0. The Kier molecular flexibility index (Phi) is 3.41. The van der Waals surface area contributed by atoms with E-state index in [2.05, 4.69) is 0 Å². The van der Waals surface area contributed by atoms with Crippen LogP contribution >= 0.6 is 0 Å². The Morgan fingerprint density at radius 1 is 1.37 bits per heavy atom. The lowest BCUT2D eigenvalue weighted by molar-refractivity contribution is 0.242. The Labute approximate surface area is 113 Å². The van der Waals surface area contributed by atoms with Crippen LogP contribution in [-0.4, -0.2) is 31.1 Å². The monoisotopic (exact) mass is 279 g/mol. The average Bonchev–Trinajstić information content (AvgIpc) is 3.10. The van der Waals surface area contributed by atoms with E-state index in [1.807, 2.05) is 37.3 Å². The molecule has 0 bridgehead atoms. The summed E-state index contributed by atoms with van der Waals surface area (Å²) in [5, 5.41) is 18.0. The minimum Gasteiger partial charge on any atom is -0.395 e. The van der Waals surface area contributed by atoms with Crippen molar-refractivity contribution < 1.29 is 13.5 Å². The Balaban J connectivity index is 2.46. The molecule has 102 valence electrons. The van der Waals surface area contributed by atoms with E-state index in [-0.39, 0.29) is 5.75 Å². The van der Waals surface area contributed by atoms with Gasteiger partial charge in [-0.15, -0.1) is 0 Å². The molecule has 1 aromatic carbocycles. The second kappa shape index (κ2) is 4.62. The lowest BCUT2D eigenvalue weighted by atomic mass is 10.0. The second-order valence-electron chi connectivity index (χ2n) is 5.07. The van der Waals surface area contributed by atoms with Crippen LogP contribution in [0.5, 0.6) is 0 Å². The minimum absolute atomic E-state index is 0.0105. The highest BCUT2D eigenvalue weighted by molar-refractivity contribution is 7.92. The van der Waals surface area contributed by atoms with Crippen LogP contribution in [0.1, 0.15) is 24.0 Å². The van der Waals surface area contributed by atoms with Crippen molar-refractivity contribution in [3.63, 3.8) is 0 Å². The Morgan fingerprint density at radius 2 is 1.95 bits per heavy atom. The second-order valence-corrected chi connectivity index (χ2v) is 7.48. The molecule has 0 amide bonds. The Morgan fingerprint density at radius 3 is 2.37 bits per heavy atom. The van der Waals surface area contributed by atoms with Gasteiger partial charge in [0.25, 0.3) is 0 Å². The molecule has 0 heterocycles. The maximum atomic E-state index is 12.1. The number of nitriles is 1. The van der Waals surface area contributed by atoms with Gasteiger partial charge in [-0.2, -0.15) is 5.26 Å². The molecule has 1 aromatic rings. The normalized spacial score (nSPS) is 29.8. The summed E-state index contributed by atoms with van der Waals surface area (Å²) >= 11 is 0. The molecule has 2 rings (SSSR count). The van der Waals surface area contributed by atoms with E-state index < -0.39 is 33.0 Å². The molecular formula is C14H17NO3S. The molecule has 3 atom stereocenters. The van der Waals surface area contributed by atoms with Crippen molar-refractivity contribution in [2.24, 2.45) is 5.41 Å². The number of rotatable bonds is 4. The molecule has 0 aromatic heterocycles. The number of hydrogen-bond donors (Lipinski definition) is 1. The SMILES string of the molecule is CCS(=O)(=O)[C@@H]1[C@@H](c2ccc(C)cc2)[C@@]1(C#N)CO. The molecule has 1 N–H and O–H groups in total. The zero-order valence-electron chi connectivity index (χ0n) is 11.0. The van der Waals surface area contributed by atoms with Crippen molar-refractivity contribution in [3.05, 3.63) is 35.4 Å². The third-order valence-electron chi connectivity index (χ3n) is 3.95. The van der Waals surface area contributed by atoms with Gasteiger partial charge >= 0.3 is 0 Å². The Bertz CT molecular complexity index is 615. The maximum Gasteiger partial charge on any atom is 0.155 e. The van der Waals surface area contributed by atoms with Crippen LogP contribution in [0, 0.1) is 23.7 Å². The van der Waals surface area contributed by atoms with Crippen molar-refractivity contribution in [1.29, 1.82) is 5.26 Å².